The third-order valence-corrected chi connectivity index (χ3v) is 3.39. The van der Waals surface area contributed by atoms with Crippen LogP contribution in [0.2, 0.25) is 10.0 Å². The predicted molar refractivity (Wildman–Crippen MR) is 87.2 cm³/mol. The Morgan fingerprint density at radius 2 is 1.90 bits per heavy atom. The highest BCUT2D eigenvalue weighted by molar-refractivity contribution is 6.37. The first-order valence-corrected chi connectivity index (χ1v) is 7.73. The van der Waals surface area contributed by atoms with Gasteiger partial charge in [0.05, 0.1) is 22.7 Å². The average Bonchev–Trinajstić information content (AvgIpc) is 2.41. The van der Waals surface area contributed by atoms with Gasteiger partial charge in [0.1, 0.15) is 11.6 Å². The molecule has 2 N–H and O–H groups in total. The molecule has 0 saturated carbocycles. The van der Waals surface area contributed by atoms with Gasteiger partial charge in [0.25, 0.3) is 0 Å². The fourth-order valence-corrected chi connectivity index (χ4v) is 2.36. The molecule has 4 nitrogen and oxygen atoms in total. The molecule has 1 rings (SSSR count). The highest BCUT2D eigenvalue weighted by Crippen LogP contribution is 2.29. The Bertz CT molecular complexity index is 410. The van der Waals surface area contributed by atoms with E-state index in [1.165, 1.54) is 0 Å². The number of hydrogen-bond donors (Lipinski definition) is 2. The number of ether oxygens (including phenoxy) is 1. The van der Waals surface area contributed by atoms with Crippen LogP contribution in [0.5, 0.6) is 0 Å². The molecule has 20 heavy (non-hydrogen) atoms. The molecule has 1 heterocycles. The zero-order valence-corrected chi connectivity index (χ0v) is 13.8. The van der Waals surface area contributed by atoms with E-state index in [1.807, 2.05) is 0 Å². The lowest BCUT2D eigenvalue weighted by molar-refractivity contribution is 0.182. The highest BCUT2D eigenvalue weighted by atomic mass is 35.5. The molecule has 1 aromatic rings. The van der Waals surface area contributed by atoms with Gasteiger partial charge >= 0.3 is 0 Å². The van der Waals surface area contributed by atoms with Crippen LogP contribution < -0.4 is 10.6 Å². The van der Waals surface area contributed by atoms with Crippen molar-refractivity contribution < 1.29 is 4.74 Å². The summed E-state index contributed by atoms with van der Waals surface area (Å²) in [5, 5.41) is 7.58. The maximum Gasteiger partial charge on any atom is 0.147 e. The second kappa shape index (κ2) is 9.27. The summed E-state index contributed by atoms with van der Waals surface area (Å²) in [5.74, 6) is 1.30. The van der Waals surface area contributed by atoms with Gasteiger partial charge < -0.3 is 15.4 Å². The minimum Gasteiger partial charge on any atom is -0.383 e. The van der Waals surface area contributed by atoms with E-state index in [2.05, 4.69) is 29.5 Å². The maximum atomic E-state index is 6.20. The quantitative estimate of drug-likeness (QED) is 0.706. The Morgan fingerprint density at radius 1 is 1.20 bits per heavy atom. The van der Waals surface area contributed by atoms with Crippen molar-refractivity contribution in [1.82, 2.24) is 4.98 Å². The summed E-state index contributed by atoms with van der Waals surface area (Å²) >= 11 is 12.3. The van der Waals surface area contributed by atoms with Gasteiger partial charge in [-0.05, 0) is 18.9 Å². The third kappa shape index (κ3) is 5.35. The summed E-state index contributed by atoms with van der Waals surface area (Å²) in [5.41, 5.74) is 0. The highest BCUT2D eigenvalue weighted by Gasteiger charge is 2.13. The van der Waals surface area contributed by atoms with Crippen molar-refractivity contribution in [2.24, 2.45) is 0 Å². The van der Waals surface area contributed by atoms with Crippen molar-refractivity contribution in [3.05, 3.63) is 16.1 Å². The first-order valence-electron chi connectivity index (χ1n) is 6.97. The molecule has 1 aromatic heterocycles. The summed E-state index contributed by atoms with van der Waals surface area (Å²) in [6, 6.07) is 1.90. The van der Waals surface area contributed by atoms with Gasteiger partial charge in [-0.2, -0.15) is 0 Å². The standard InChI is InChI=1S/C14H23Cl2N3O/c1-4-6-10(9-20-3)18-14-12(16)8-11(15)13(19-14)17-7-5-2/h8,10H,4-7,9H2,1-3H3,(H2,17,18,19). The Morgan fingerprint density at radius 3 is 2.50 bits per heavy atom. The van der Waals surface area contributed by atoms with Gasteiger partial charge in [-0.15, -0.1) is 0 Å². The molecule has 0 amide bonds. The maximum absolute atomic E-state index is 6.20. The summed E-state index contributed by atoms with van der Waals surface area (Å²) in [6.45, 7) is 5.66. The van der Waals surface area contributed by atoms with Crippen molar-refractivity contribution in [3.63, 3.8) is 0 Å². The normalized spacial score (nSPS) is 12.2. The Hall–Kier alpha value is -0.710. The number of nitrogens with one attached hydrogen (secondary N) is 2. The van der Waals surface area contributed by atoms with E-state index in [-0.39, 0.29) is 6.04 Å². The monoisotopic (exact) mass is 319 g/mol. The van der Waals surface area contributed by atoms with E-state index in [9.17, 15) is 0 Å². The molecule has 1 unspecified atom stereocenters. The average molecular weight is 320 g/mol. The summed E-state index contributed by atoms with van der Waals surface area (Å²) < 4.78 is 5.21. The number of hydrogen-bond acceptors (Lipinski definition) is 4. The Kier molecular flexibility index (Phi) is 8.04. The van der Waals surface area contributed by atoms with E-state index in [0.717, 1.165) is 25.8 Å². The van der Waals surface area contributed by atoms with Gasteiger partial charge in [-0.3, -0.25) is 0 Å². The van der Waals surface area contributed by atoms with Gasteiger partial charge in [0.15, 0.2) is 0 Å². The van der Waals surface area contributed by atoms with E-state index < -0.39 is 0 Å². The van der Waals surface area contributed by atoms with E-state index in [1.54, 1.807) is 13.2 Å². The number of aromatic nitrogens is 1. The van der Waals surface area contributed by atoms with Gasteiger partial charge in [-0.1, -0.05) is 43.5 Å². The Balaban J connectivity index is 2.86. The first-order chi connectivity index (χ1) is 9.62. The fourth-order valence-electron chi connectivity index (χ4n) is 1.88. The van der Waals surface area contributed by atoms with Crippen LogP contribution in [-0.4, -0.2) is 31.3 Å². The van der Waals surface area contributed by atoms with Gasteiger partial charge in [0, 0.05) is 13.7 Å². The molecule has 0 spiro atoms. The van der Waals surface area contributed by atoms with Crippen molar-refractivity contribution >= 4 is 34.8 Å². The molecule has 0 radical (unpaired) electrons. The molecular weight excluding hydrogens is 297 g/mol. The number of anilines is 2. The third-order valence-electron chi connectivity index (χ3n) is 2.82. The fraction of sp³-hybridized carbons (Fsp3) is 0.643. The van der Waals surface area contributed by atoms with Crippen LogP contribution in [0.15, 0.2) is 6.07 Å². The van der Waals surface area contributed by atoms with Crippen molar-refractivity contribution in [1.29, 1.82) is 0 Å². The van der Waals surface area contributed by atoms with E-state index in [4.69, 9.17) is 27.9 Å². The summed E-state index contributed by atoms with van der Waals surface area (Å²) in [7, 11) is 1.69. The lowest BCUT2D eigenvalue weighted by atomic mass is 10.2. The molecular formula is C14H23Cl2N3O. The van der Waals surface area contributed by atoms with Crippen molar-refractivity contribution in [3.8, 4) is 0 Å². The van der Waals surface area contributed by atoms with Crippen LogP contribution in [-0.2, 0) is 4.74 Å². The molecule has 114 valence electrons. The zero-order valence-electron chi connectivity index (χ0n) is 12.3. The van der Waals surface area contributed by atoms with Crippen molar-refractivity contribution in [2.75, 3.05) is 30.9 Å². The summed E-state index contributed by atoms with van der Waals surface area (Å²) in [4.78, 5) is 4.47. The minimum absolute atomic E-state index is 0.190. The lowest BCUT2D eigenvalue weighted by Crippen LogP contribution is -2.25. The SMILES string of the molecule is CCCNc1nc(NC(CCC)COC)c(Cl)cc1Cl. The molecule has 0 fully saturated rings. The first kappa shape index (κ1) is 17.3. The molecule has 1 atom stereocenters. The molecule has 0 saturated heterocycles. The molecule has 6 heteroatoms. The predicted octanol–water partition coefficient (Wildman–Crippen LogP) is 4.44. The zero-order chi connectivity index (χ0) is 15.0. The van der Waals surface area contributed by atoms with E-state index in [0.29, 0.717) is 28.3 Å². The number of halogens is 2. The largest absolute Gasteiger partial charge is 0.383 e. The minimum atomic E-state index is 0.190. The molecule has 0 aromatic carbocycles. The number of nitrogens with zero attached hydrogens (tertiary/aromatic N) is 1. The summed E-state index contributed by atoms with van der Waals surface area (Å²) in [6.07, 6.45) is 3.06. The van der Waals surface area contributed by atoms with Gasteiger partial charge in [-0.25, -0.2) is 4.98 Å². The van der Waals surface area contributed by atoms with Crippen LogP contribution in [0, 0.1) is 0 Å². The second-order valence-electron chi connectivity index (χ2n) is 4.66. The van der Waals surface area contributed by atoms with E-state index >= 15 is 0 Å². The number of pyridine rings is 1. The number of methoxy groups -OCH3 is 1. The smallest absolute Gasteiger partial charge is 0.147 e. The molecule has 0 aliphatic rings. The lowest BCUT2D eigenvalue weighted by Gasteiger charge is -2.19. The second-order valence-corrected chi connectivity index (χ2v) is 5.48. The van der Waals surface area contributed by atoms with Crippen molar-refractivity contribution in [2.45, 2.75) is 39.2 Å². The molecule has 0 bridgehead atoms. The van der Waals surface area contributed by atoms with Crippen LogP contribution in [0.1, 0.15) is 33.1 Å². The van der Waals surface area contributed by atoms with Crippen LogP contribution in [0.4, 0.5) is 11.6 Å². The Labute approximate surface area is 131 Å². The topological polar surface area (TPSA) is 46.2 Å². The number of rotatable bonds is 9. The van der Waals surface area contributed by atoms with Gasteiger partial charge in [0.2, 0.25) is 0 Å². The van der Waals surface area contributed by atoms with Crippen LogP contribution in [0.25, 0.3) is 0 Å². The van der Waals surface area contributed by atoms with Crippen LogP contribution in [0.3, 0.4) is 0 Å². The van der Waals surface area contributed by atoms with Crippen LogP contribution >= 0.6 is 23.2 Å². The molecule has 0 aliphatic heterocycles. The molecule has 0 aliphatic carbocycles.